The molecular formula is C14H17N3OS. The van der Waals surface area contributed by atoms with E-state index in [-0.39, 0.29) is 11.9 Å². The summed E-state index contributed by atoms with van der Waals surface area (Å²) >= 11 is 1.35. The standard InChI is InChI=1S/C14H17N3OS/c1-9(2)13-16-17-14(19-13)12(18)15-10(3)11-7-5-4-6-8-11/h4-10H,1-3H3,(H,15,18)/t10-/m0/s1. The lowest BCUT2D eigenvalue weighted by Gasteiger charge is -2.12. The van der Waals surface area contributed by atoms with Crippen LogP contribution in [0.25, 0.3) is 0 Å². The van der Waals surface area contributed by atoms with Crippen LogP contribution in [0.3, 0.4) is 0 Å². The SMILES string of the molecule is CC(C)c1nnc(C(=O)N[C@@H](C)c2ccccc2)s1. The van der Waals surface area contributed by atoms with E-state index in [0.717, 1.165) is 10.6 Å². The van der Waals surface area contributed by atoms with E-state index in [1.807, 2.05) is 51.1 Å². The van der Waals surface area contributed by atoms with Gasteiger partial charge >= 0.3 is 0 Å². The second-order valence-corrected chi connectivity index (χ2v) is 5.72. The van der Waals surface area contributed by atoms with E-state index in [1.165, 1.54) is 11.3 Å². The number of nitrogens with one attached hydrogen (secondary N) is 1. The molecule has 2 aromatic rings. The van der Waals surface area contributed by atoms with Crippen LogP contribution in [0.4, 0.5) is 0 Å². The summed E-state index contributed by atoms with van der Waals surface area (Å²) in [6, 6.07) is 9.81. The lowest BCUT2D eigenvalue weighted by atomic mass is 10.1. The Morgan fingerprint density at radius 3 is 2.42 bits per heavy atom. The third kappa shape index (κ3) is 3.38. The fourth-order valence-electron chi connectivity index (χ4n) is 1.64. The van der Waals surface area contributed by atoms with Crippen LogP contribution in [0, 0.1) is 0 Å². The Morgan fingerprint density at radius 1 is 1.16 bits per heavy atom. The second kappa shape index (κ2) is 5.93. The predicted molar refractivity (Wildman–Crippen MR) is 76.3 cm³/mol. The third-order valence-electron chi connectivity index (χ3n) is 2.78. The molecule has 0 saturated heterocycles. The Morgan fingerprint density at radius 2 is 1.84 bits per heavy atom. The summed E-state index contributed by atoms with van der Waals surface area (Å²) in [6.45, 7) is 6.03. The summed E-state index contributed by atoms with van der Waals surface area (Å²) in [5.74, 6) is 0.131. The minimum absolute atomic E-state index is 0.0416. The Labute approximate surface area is 116 Å². The molecule has 0 saturated carbocycles. The van der Waals surface area contributed by atoms with Crippen LogP contribution in [0.5, 0.6) is 0 Å². The lowest BCUT2D eigenvalue weighted by molar-refractivity contribution is 0.0939. The van der Waals surface area contributed by atoms with Crippen molar-refractivity contribution in [3.05, 3.63) is 45.9 Å². The number of benzene rings is 1. The highest BCUT2D eigenvalue weighted by molar-refractivity contribution is 7.13. The van der Waals surface area contributed by atoms with Gasteiger partial charge in [0, 0.05) is 5.92 Å². The van der Waals surface area contributed by atoms with Gasteiger partial charge in [-0.2, -0.15) is 0 Å². The molecule has 0 bridgehead atoms. The monoisotopic (exact) mass is 275 g/mol. The molecule has 0 spiro atoms. The van der Waals surface area contributed by atoms with Gasteiger partial charge in [0.25, 0.3) is 5.91 Å². The molecule has 0 aliphatic carbocycles. The molecule has 4 nitrogen and oxygen atoms in total. The molecule has 0 aliphatic heterocycles. The fraction of sp³-hybridized carbons (Fsp3) is 0.357. The minimum Gasteiger partial charge on any atom is -0.343 e. The van der Waals surface area contributed by atoms with Crippen LogP contribution in [0.1, 0.15) is 53.1 Å². The quantitative estimate of drug-likeness (QED) is 0.932. The fourth-order valence-corrected chi connectivity index (χ4v) is 2.39. The van der Waals surface area contributed by atoms with Gasteiger partial charge in [0.05, 0.1) is 6.04 Å². The molecule has 1 N–H and O–H groups in total. The van der Waals surface area contributed by atoms with Gasteiger partial charge in [-0.05, 0) is 12.5 Å². The average molecular weight is 275 g/mol. The number of nitrogens with zero attached hydrogens (tertiary/aromatic N) is 2. The van der Waals surface area contributed by atoms with Crippen molar-refractivity contribution in [2.24, 2.45) is 0 Å². The van der Waals surface area contributed by atoms with Gasteiger partial charge in [0.2, 0.25) is 5.01 Å². The molecule has 1 amide bonds. The maximum absolute atomic E-state index is 12.1. The van der Waals surface area contributed by atoms with Gasteiger partial charge in [-0.1, -0.05) is 55.5 Å². The number of aromatic nitrogens is 2. The first kappa shape index (κ1) is 13.7. The highest BCUT2D eigenvalue weighted by Gasteiger charge is 2.16. The zero-order chi connectivity index (χ0) is 13.8. The van der Waals surface area contributed by atoms with Crippen molar-refractivity contribution >= 4 is 17.2 Å². The van der Waals surface area contributed by atoms with Crippen molar-refractivity contribution in [3.63, 3.8) is 0 Å². The van der Waals surface area contributed by atoms with Crippen molar-refractivity contribution in [2.45, 2.75) is 32.7 Å². The van der Waals surface area contributed by atoms with Crippen molar-refractivity contribution in [1.82, 2.24) is 15.5 Å². The van der Waals surface area contributed by atoms with E-state index < -0.39 is 0 Å². The highest BCUT2D eigenvalue weighted by Crippen LogP contribution is 2.19. The Bertz CT molecular complexity index is 551. The predicted octanol–water partition coefficient (Wildman–Crippen LogP) is 3.15. The van der Waals surface area contributed by atoms with Gasteiger partial charge in [-0.25, -0.2) is 0 Å². The average Bonchev–Trinajstić information content (AvgIpc) is 2.89. The molecular weight excluding hydrogens is 258 g/mol. The van der Waals surface area contributed by atoms with Crippen LogP contribution in [-0.2, 0) is 0 Å². The number of hydrogen-bond acceptors (Lipinski definition) is 4. The summed E-state index contributed by atoms with van der Waals surface area (Å²) < 4.78 is 0. The lowest BCUT2D eigenvalue weighted by Crippen LogP contribution is -2.26. The number of carbonyl (C=O) groups is 1. The van der Waals surface area contributed by atoms with Crippen molar-refractivity contribution < 1.29 is 4.79 Å². The minimum atomic E-state index is -0.166. The van der Waals surface area contributed by atoms with Gasteiger partial charge in [-0.3, -0.25) is 4.79 Å². The molecule has 0 unspecified atom stereocenters. The van der Waals surface area contributed by atoms with Crippen LogP contribution in [-0.4, -0.2) is 16.1 Å². The largest absolute Gasteiger partial charge is 0.343 e. The van der Waals surface area contributed by atoms with Gasteiger partial charge in [-0.15, -0.1) is 10.2 Å². The molecule has 100 valence electrons. The maximum Gasteiger partial charge on any atom is 0.282 e. The molecule has 1 atom stereocenters. The van der Waals surface area contributed by atoms with Crippen LogP contribution in [0.15, 0.2) is 30.3 Å². The molecule has 0 radical (unpaired) electrons. The van der Waals surface area contributed by atoms with Gasteiger partial charge in [0.15, 0.2) is 0 Å². The van der Waals surface area contributed by atoms with Crippen LogP contribution >= 0.6 is 11.3 Å². The van der Waals surface area contributed by atoms with Gasteiger partial charge < -0.3 is 5.32 Å². The van der Waals surface area contributed by atoms with E-state index >= 15 is 0 Å². The molecule has 0 fully saturated rings. The number of hydrogen-bond donors (Lipinski definition) is 1. The first-order valence-electron chi connectivity index (χ1n) is 6.27. The highest BCUT2D eigenvalue weighted by atomic mass is 32.1. The number of amides is 1. The molecule has 1 aromatic carbocycles. The van der Waals surface area contributed by atoms with Crippen LogP contribution in [0.2, 0.25) is 0 Å². The summed E-state index contributed by atoms with van der Waals surface area (Å²) in [5, 5.41) is 12.2. The molecule has 19 heavy (non-hydrogen) atoms. The van der Waals surface area contributed by atoms with Crippen molar-refractivity contribution in [3.8, 4) is 0 Å². The normalized spacial score (nSPS) is 12.4. The zero-order valence-corrected chi connectivity index (χ0v) is 12.1. The molecule has 2 rings (SSSR count). The molecule has 0 aliphatic rings. The zero-order valence-electron chi connectivity index (χ0n) is 11.3. The maximum atomic E-state index is 12.1. The van der Waals surface area contributed by atoms with E-state index in [4.69, 9.17) is 0 Å². The summed E-state index contributed by atoms with van der Waals surface area (Å²) in [7, 11) is 0. The summed E-state index contributed by atoms with van der Waals surface area (Å²) in [5.41, 5.74) is 1.07. The Kier molecular flexibility index (Phi) is 4.27. The summed E-state index contributed by atoms with van der Waals surface area (Å²) in [6.07, 6.45) is 0. The second-order valence-electron chi connectivity index (χ2n) is 4.71. The molecule has 1 heterocycles. The molecule has 5 heteroatoms. The first-order chi connectivity index (χ1) is 9.08. The van der Waals surface area contributed by atoms with E-state index in [1.54, 1.807) is 0 Å². The van der Waals surface area contributed by atoms with E-state index in [2.05, 4.69) is 15.5 Å². The van der Waals surface area contributed by atoms with Gasteiger partial charge in [0.1, 0.15) is 5.01 Å². The van der Waals surface area contributed by atoms with E-state index in [9.17, 15) is 4.79 Å². The molecule has 1 aromatic heterocycles. The topological polar surface area (TPSA) is 54.9 Å². The summed E-state index contributed by atoms with van der Waals surface area (Å²) in [4.78, 5) is 12.1. The van der Waals surface area contributed by atoms with E-state index in [0.29, 0.717) is 10.9 Å². The Hall–Kier alpha value is -1.75. The van der Waals surface area contributed by atoms with Crippen molar-refractivity contribution in [2.75, 3.05) is 0 Å². The smallest absolute Gasteiger partial charge is 0.282 e. The Balaban J connectivity index is 2.04. The number of carbonyl (C=O) groups excluding carboxylic acids is 1. The van der Waals surface area contributed by atoms with Crippen molar-refractivity contribution in [1.29, 1.82) is 0 Å². The number of rotatable bonds is 4. The third-order valence-corrected chi connectivity index (χ3v) is 4.00. The van der Waals surface area contributed by atoms with Crippen LogP contribution < -0.4 is 5.32 Å². The first-order valence-corrected chi connectivity index (χ1v) is 7.08.